The average molecular weight is 301 g/mol. The van der Waals surface area contributed by atoms with Crippen LogP contribution in [-0.4, -0.2) is 24.7 Å². The second kappa shape index (κ2) is 8.42. The highest BCUT2D eigenvalue weighted by Crippen LogP contribution is 2.14. The number of aromatic nitrogens is 2. The largest absolute Gasteiger partial charge is 0.269 e. The van der Waals surface area contributed by atoms with Crippen LogP contribution in [0.1, 0.15) is 58.1 Å². The van der Waals surface area contributed by atoms with Crippen LogP contribution in [0.2, 0.25) is 0 Å². The summed E-state index contributed by atoms with van der Waals surface area (Å²) in [6.45, 7) is 7.10. The van der Waals surface area contributed by atoms with Gasteiger partial charge in [0.2, 0.25) is 10.0 Å². The van der Waals surface area contributed by atoms with Crippen LogP contribution in [0.4, 0.5) is 0 Å². The standard InChI is InChI=1S/C14H27N3O2S/c1-4-6-7-8-9-10-11-16-20(18,19)14-12-15-17(5-2)13(14)3/h12,16H,4-11H2,1-3H3. The lowest BCUT2D eigenvalue weighted by atomic mass is 10.1. The van der Waals surface area contributed by atoms with E-state index in [-0.39, 0.29) is 0 Å². The molecule has 0 saturated heterocycles. The van der Waals surface area contributed by atoms with Gasteiger partial charge < -0.3 is 0 Å². The molecular weight excluding hydrogens is 274 g/mol. The zero-order chi connectivity index (χ0) is 15.0. The van der Waals surface area contributed by atoms with Crippen molar-refractivity contribution in [1.82, 2.24) is 14.5 Å². The van der Waals surface area contributed by atoms with Gasteiger partial charge in [-0.15, -0.1) is 0 Å². The summed E-state index contributed by atoms with van der Waals surface area (Å²) in [5, 5.41) is 4.08. The lowest BCUT2D eigenvalue weighted by molar-refractivity contribution is 0.566. The second-order valence-corrected chi connectivity index (χ2v) is 6.81. The van der Waals surface area contributed by atoms with E-state index < -0.39 is 10.0 Å². The number of hydrogen-bond donors (Lipinski definition) is 1. The van der Waals surface area contributed by atoms with E-state index in [1.165, 1.54) is 31.9 Å². The third-order valence-corrected chi connectivity index (χ3v) is 5.03. The summed E-state index contributed by atoms with van der Waals surface area (Å²) in [6, 6.07) is 0. The second-order valence-electron chi connectivity index (χ2n) is 5.08. The number of rotatable bonds is 10. The molecule has 0 aliphatic carbocycles. The van der Waals surface area contributed by atoms with E-state index in [0.717, 1.165) is 12.8 Å². The summed E-state index contributed by atoms with van der Waals surface area (Å²) in [4.78, 5) is 0.297. The lowest BCUT2D eigenvalue weighted by Gasteiger charge is -2.06. The zero-order valence-corrected chi connectivity index (χ0v) is 13.7. The minimum absolute atomic E-state index is 0.297. The van der Waals surface area contributed by atoms with Crippen LogP contribution >= 0.6 is 0 Å². The Balaban J connectivity index is 2.40. The van der Waals surface area contributed by atoms with Crippen molar-refractivity contribution in [3.63, 3.8) is 0 Å². The molecule has 0 radical (unpaired) electrons. The fourth-order valence-corrected chi connectivity index (χ4v) is 3.45. The monoisotopic (exact) mass is 301 g/mol. The first-order valence-electron chi connectivity index (χ1n) is 7.55. The molecule has 0 unspecified atom stereocenters. The smallest absolute Gasteiger partial charge is 0.243 e. The van der Waals surface area contributed by atoms with Gasteiger partial charge in [0.1, 0.15) is 4.90 Å². The zero-order valence-electron chi connectivity index (χ0n) is 12.9. The Morgan fingerprint density at radius 1 is 1.15 bits per heavy atom. The van der Waals surface area contributed by atoms with Crippen molar-refractivity contribution < 1.29 is 8.42 Å². The van der Waals surface area contributed by atoms with E-state index in [2.05, 4.69) is 16.7 Å². The highest BCUT2D eigenvalue weighted by Gasteiger charge is 2.19. The molecular formula is C14H27N3O2S. The maximum absolute atomic E-state index is 12.2. The van der Waals surface area contributed by atoms with Gasteiger partial charge in [0.05, 0.1) is 11.9 Å². The molecule has 0 aromatic carbocycles. The SMILES string of the molecule is CCCCCCCCNS(=O)(=O)c1cnn(CC)c1C. The molecule has 0 amide bonds. The molecule has 1 rings (SSSR count). The molecule has 0 atom stereocenters. The van der Waals surface area contributed by atoms with Gasteiger partial charge in [0.15, 0.2) is 0 Å². The van der Waals surface area contributed by atoms with Crippen molar-refractivity contribution in [2.75, 3.05) is 6.54 Å². The Morgan fingerprint density at radius 3 is 2.40 bits per heavy atom. The summed E-state index contributed by atoms with van der Waals surface area (Å²) < 4.78 is 28.7. The minimum Gasteiger partial charge on any atom is -0.269 e. The van der Waals surface area contributed by atoms with Crippen LogP contribution in [0, 0.1) is 6.92 Å². The van der Waals surface area contributed by atoms with Gasteiger partial charge in [-0.25, -0.2) is 13.1 Å². The maximum atomic E-state index is 12.2. The Kier molecular flexibility index (Phi) is 7.23. The molecule has 1 aromatic heterocycles. The van der Waals surface area contributed by atoms with Crippen LogP contribution in [0.25, 0.3) is 0 Å². The summed E-state index contributed by atoms with van der Waals surface area (Å²) in [5.41, 5.74) is 0.697. The van der Waals surface area contributed by atoms with E-state index in [1.807, 2.05) is 6.92 Å². The third-order valence-electron chi connectivity index (χ3n) is 3.47. The molecule has 1 N–H and O–H groups in total. The first kappa shape index (κ1) is 17.2. The third kappa shape index (κ3) is 4.90. The summed E-state index contributed by atoms with van der Waals surface area (Å²) in [5.74, 6) is 0. The molecule has 0 aliphatic heterocycles. The quantitative estimate of drug-likeness (QED) is 0.676. The van der Waals surface area contributed by atoms with Gasteiger partial charge in [-0.05, 0) is 20.3 Å². The Labute approximate surface area is 122 Å². The van der Waals surface area contributed by atoms with Crippen molar-refractivity contribution >= 4 is 10.0 Å². The minimum atomic E-state index is -3.41. The van der Waals surface area contributed by atoms with Crippen molar-refractivity contribution in [3.8, 4) is 0 Å². The molecule has 0 saturated carbocycles. The molecule has 0 aliphatic rings. The topological polar surface area (TPSA) is 64.0 Å². The number of nitrogens with zero attached hydrogens (tertiary/aromatic N) is 2. The van der Waals surface area contributed by atoms with E-state index >= 15 is 0 Å². The number of unbranched alkanes of at least 4 members (excludes halogenated alkanes) is 5. The van der Waals surface area contributed by atoms with Gasteiger partial charge in [-0.3, -0.25) is 4.68 Å². The molecule has 116 valence electrons. The predicted molar refractivity (Wildman–Crippen MR) is 81.2 cm³/mol. The Hall–Kier alpha value is -0.880. The van der Waals surface area contributed by atoms with Crippen molar-refractivity contribution in [2.24, 2.45) is 0 Å². The van der Waals surface area contributed by atoms with Gasteiger partial charge in [0, 0.05) is 13.1 Å². The first-order chi connectivity index (χ1) is 9.53. The van der Waals surface area contributed by atoms with Crippen LogP contribution in [-0.2, 0) is 16.6 Å². The van der Waals surface area contributed by atoms with Crippen molar-refractivity contribution in [2.45, 2.75) is 70.7 Å². The number of nitrogens with one attached hydrogen (secondary N) is 1. The normalized spacial score (nSPS) is 11.9. The molecule has 0 fully saturated rings. The van der Waals surface area contributed by atoms with E-state index in [1.54, 1.807) is 11.6 Å². The van der Waals surface area contributed by atoms with Gasteiger partial charge in [-0.2, -0.15) is 5.10 Å². The molecule has 6 heteroatoms. The molecule has 20 heavy (non-hydrogen) atoms. The molecule has 5 nitrogen and oxygen atoms in total. The molecule has 1 aromatic rings. The summed E-state index contributed by atoms with van der Waals surface area (Å²) in [7, 11) is -3.41. The van der Waals surface area contributed by atoms with E-state index in [0.29, 0.717) is 23.7 Å². The lowest BCUT2D eigenvalue weighted by Crippen LogP contribution is -2.25. The Bertz CT molecular complexity index is 495. The van der Waals surface area contributed by atoms with Crippen LogP contribution < -0.4 is 4.72 Å². The van der Waals surface area contributed by atoms with Crippen LogP contribution in [0.5, 0.6) is 0 Å². The molecule has 1 heterocycles. The average Bonchev–Trinajstić information content (AvgIpc) is 2.79. The first-order valence-corrected chi connectivity index (χ1v) is 9.03. The van der Waals surface area contributed by atoms with Gasteiger partial charge >= 0.3 is 0 Å². The van der Waals surface area contributed by atoms with Crippen molar-refractivity contribution in [1.29, 1.82) is 0 Å². The van der Waals surface area contributed by atoms with Gasteiger partial charge in [0.25, 0.3) is 0 Å². The number of aryl methyl sites for hydroxylation is 1. The fourth-order valence-electron chi connectivity index (χ4n) is 2.20. The maximum Gasteiger partial charge on any atom is 0.243 e. The van der Waals surface area contributed by atoms with E-state index in [9.17, 15) is 8.42 Å². The summed E-state index contributed by atoms with van der Waals surface area (Å²) >= 11 is 0. The summed E-state index contributed by atoms with van der Waals surface area (Å²) in [6.07, 6.45) is 8.32. The number of hydrogen-bond acceptors (Lipinski definition) is 3. The molecule has 0 spiro atoms. The van der Waals surface area contributed by atoms with Crippen LogP contribution in [0.15, 0.2) is 11.1 Å². The highest BCUT2D eigenvalue weighted by atomic mass is 32.2. The van der Waals surface area contributed by atoms with Crippen molar-refractivity contribution in [3.05, 3.63) is 11.9 Å². The molecule has 0 bridgehead atoms. The Morgan fingerprint density at radius 2 is 1.80 bits per heavy atom. The van der Waals surface area contributed by atoms with Crippen LogP contribution in [0.3, 0.4) is 0 Å². The number of sulfonamides is 1. The highest BCUT2D eigenvalue weighted by molar-refractivity contribution is 7.89. The predicted octanol–water partition coefficient (Wildman–Crippen LogP) is 2.85. The van der Waals surface area contributed by atoms with E-state index in [4.69, 9.17) is 0 Å². The fraction of sp³-hybridized carbons (Fsp3) is 0.786. The van der Waals surface area contributed by atoms with Gasteiger partial charge in [-0.1, -0.05) is 39.0 Å².